The molecule has 1 aromatic rings. The minimum Gasteiger partial charge on any atom is -0.478 e. The van der Waals surface area contributed by atoms with Crippen LogP contribution >= 0.6 is 11.9 Å². The van der Waals surface area contributed by atoms with Crippen LogP contribution in [0.3, 0.4) is 0 Å². The Hall–Kier alpha value is -1.82. The van der Waals surface area contributed by atoms with E-state index in [4.69, 9.17) is 17.0 Å². The third-order valence-corrected chi connectivity index (χ3v) is 1.65. The van der Waals surface area contributed by atoms with Crippen molar-refractivity contribution in [1.82, 2.24) is 0 Å². The van der Waals surface area contributed by atoms with Crippen molar-refractivity contribution in [1.29, 1.82) is 0 Å². The summed E-state index contributed by atoms with van der Waals surface area (Å²) in [5.74, 6) is -1.81. The van der Waals surface area contributed by atoms with Gasteiger partial charge in [0.15, 0.2) is 0 Å². The first-order valence-electron chi connectivity index (χ1n) is 3.37. The molecule has 0 aromatic heterocycles. The average Bonchev–Trinajstić information content (AvgIpc) is 2.16. The average molecular weight is 218 g/mol. The number of benzene rings is 1. The molecule has 0 bridgehead atoms. The van der Waals surface area contributed by atoms with Gasteiger partial charge in [0.2, 0.25) is 5.75 Å². The fraction of sp³-hybridized carbons (Fsp3) is 0. The van der Waals surface area contributed by atoms with Crippen LogP contribution in [0.2, 0.25) is 0 Å². The molecule has 74 valence electrons. The van der Waals surface area contributed by atoms with Gasteiger partial charge in [-0.2, -0.15) is 0 Å². The number of nitrogens with zero attached hydrogens (tertiary/aromatic N) is 1. The largest absolute Gasteiger partial charge is 0.478 e. The predicted octanol–water partition coefficient (Wildman–Crippen LogP) is 1.83. The topological polar surface area (TPSA) is 89.7 Å². The van der Waals surface area contributed by atoms with Gasteiger partial charge in [0, 0.05) is 6.07 Å². The molecule has 6 nitrogen and oxygen atoms in total. The number of carboxylic acids is 1. The second kappa shape index (κ2) is 3.93. The molecule has 14 heavy (non-hydrogen) atoms. The Morgan fingerprint density at radius 2 is 2.21 bits per heavy atom. The van der Waals surface area contributed by atoms with Gasteiger partial charge in [0.1, 0.15) is 17.4 Å². The third-order valence-electron chi connectivity index (χ3n) is 1.50. The predicted molar refractivity (Wildman–Crippen MR) is 46.5 cm³/mol. The maximum absolute atomic E-state index is 10.6. The van der Waals surface area contributed by atoms with Gasteiger partial charge in [0.25, 0.3) is 0 Å². The van der Waals surface area contributed by atoms with E-state index in [0.29, 0.717) is 0 Å². The lowest BCUT2D eigenvalue weighted by Crippen LogP contribution is -2.01. The number of carboxylic acid groups (broad SMARTS) is 1. The van der Waals surface area contributed by atoms with E-state index in [1.807, 2.05) is 0 Å². The van der Waals surface area contributed by atoms with Crippen molar-refractivity contribution in [2.24, 2.45) is 0 Å². The van der Waals surface area contributed by atoms with Gasteiger partial charge in [-0.05, 0) is 6.07 Å². The molecule has 0 radical (unpaired) electrons. The fourth-order valence-electron chi connectivity index (χ4n) is 0.918. The van der Waals surface area contributed by atoms with Crippen molar-refractivity contribution < 1.29 is 19.1 Å². The summed E-state index contributed by atoms with van der Waals surface area (Å²) in [6.45, 7) is 0. The van der Waals surface area contributed by atoms with Crippen molar-refractivity contribution in [3.8, 4) is 5.75 Å². The number of nitro groups is 1. The molecule has 0 amide bonds. The normalized spacial score (nSPS) is 9.50. The molecule has 1 N–H and O–H groups in total. The highest BCUT2D eigenvalue weighted by atomic mass is 35.5. The monoisotopic (exact) mass is 217 g/mol. The van der Waals surface area contributed by atoms with Crippen molar-refractivity contribution in [3.63, 3.8) is 0 Å². The zero-order chi connectivity index (χ0) is 10.7. The Balaban J connectivity index is 3.39. The Morgan fingerprint density at radius 3 is 2.64 bits per heavy atom. The summed E-state index contributed by atoms with van der Waals surface area (Å²) in [6.07, 6.45) is 0. The lowest BCUT2D eigenvalue weighted by atomic mass is 10.2. The third kappa shape index (κ3) is 1.74. The lowest BCUT2D eigenvalue weighted by Gasteiger charge is -2.01. The molecule has 0 heterocycles. The lowest BCUT2D eigenvalue weighted by molar-refractivity contribution is -0.385. The van der Waals surface area contributed by atoms with E-state index < -0.39 is 22.3 Å². The van der Waals surface area contributed by atoms with Gasteiger partial charge < -0.3 is 9.40 Å². The van der Waals surface area contributed by atoms with Gasteiger partial charge in [-0.15, -0.1) is 0 Å². The zero-order valence-electron chi connectivity index (χ0n) is 6.64. The summed E-state index contributed by atoms with van der Waals surface area (Å²) in [7, 11) is 0. The van der Waals surface area contributed by atoms with Crippen LogP contribution in [0, 0.1) is 10.1 Å². The van der Waals surface area contributed by atoms with Gasteiger partial charge in [-0.3, -0.25) is 10.1 Å². The molecule has 0 aliphatic heterocycles. The maximum atomic E-state index is 10.6. The molecule has 0 unspecified atom stereocenters. The first-order valence-corrected chi connectivity index (χ1v) is 3.68. The highest BCUT2D eigenvalue weighted by Gasteiger charge is 2.22. The highest BCUT2D eigenvalue weighted by molar-refractivity contribution is 6.10. The quantitative estimate of drug-likeness (QED) is 0.616. The molecule has 0 aliphatic rings. The minimum absolute atomic E-state index is 0.353. The molecule has 1 aromatic carbocycles. The van der Waals surface area contributed by atoms with E-state index in [1.54, 1.807) is 0 Å². The van der Waals surface area contributed by atoms with E-state index in [1.165, 1.54) is 6.07 Å². The summed E-state index contributed by atoms with van der Waals surface area (Å²) in [5, 5.41) is 19.1. The van der Waals surface area contributed by atoms with Crippen LogP contribution < -0.4 is 4.29 Å². The van der Waals surface area contributed by atoms with Crippen LogP contribution in [0.4, 0.5) is 5.69 Å². The second-order valence-electron chi connectivity index (χ2n) is 2.29. The number of rotatable bonds is 3. The molecule has 0 saturated heterocycles. The van der Waals surface area contributed by atoms with Crippen LogP contribution in [-0.4, -0.2) is 16.0 Å². The minimum atomic E-state index is -1.34. The zero-order valence-corrected chi connectivity index (χ0v) is 7.39. The van der Waals surface area contributed by atoms with Crippen molar-refractivity contribution in [3.05, 3.63) is 33.9 Å². The number of hydrogen-bond donors (Lipinski definition) is 1. The van der Waals surface area contributed by atoms with Crippen molar-refractivity contribution >= 4 is 23.5 Å². The molecule has 7 heteroatoms. The van der Waals surface area contributed by atoms with Crippen LogP contribution in [0.5, 0.6) is 5.75 Å². The molecule has 0 aliphatic carbocycles. The number of nitro benzene ring substituents is 1. The number of hydrogen-bond acceptors (Lipinski definition) is 4. The van der Waals surface area contributed by atoms with Crippen molar-refractivity contribution in [2.45, 2.75) is 0 Å². The van der Waals surface area contributed by atoms with Gasteiger partial charge in [0.05, 0.1) is 4.92 Å². The Labute approximate surface area is 83.0 Å². The number of aromatic carboxylic acids is 1. The Morgan fingerprint density at radius 1 is 1.57 bits per heavy atom. The summed E-state index contributed by atoms with van der Waals surface area (Å²) in [5.41, 5.74) is -0.839. The van der Waals surface area contributed by atoms with E-state index in [9.17, 15) is 14.9 Å². The van der Waals surface area contributed by atoms with E-state index >= 15 is 0 Å². The van der Waals surface area contributed by atoms with Crippen LogP contribution in [0.1, 0.15) is 10.4 Å². The number of carbonyl (C=O) groups is 1. The maximum Gasteiger partial charge on any atom is 0.339 e. The Kier molecular flexibility index (Phi) is 2.88. The number of halogens is 1. The molecule has 0 atom stereocenters. The standard InChI is InChI=1S/C7H4ClNO5/c8-14-6-4(7(10)11)2-1-3-5(6)9(12)13/h1-3H,(H,10,11). The summed E-state index contributed by atoms with van der Waals surface area (Å²) in [4.78, 5) is 20.3. The fourth-order valence-corrected chi connectivity index (χ4v) is 1.08. The molecular weight excluding hydrogens is 214 g/mol. The summed E-state index contributed by atoms with van der Waals surface area (Å²) >= 11 is 4.96. The molecule has 0 saturated carbocycles. The smallest absolute Gasteiger partial charge is 0.339 e. The van der Waals surface area contributed by atoms with Gasteiger partial charge >= 0.3 is 11.7 Å². The van der Waals surface area contributed by atoms with E-state index in [2.05, 4.69) is 4.29 Å². The summed E-state index contributed by atoms with van der Waals surface area (Å²) < 4.78 is 4.15. The van der Waals surface area contributed by atoms with E-state index in [-0.39, 0.29) is 5.56 Å². The van der Waals surface area contributed by atoms with Crippen LogP contribution in [-0.2, 0) is 0 Å². The van der Waals surface area contributed by atoms with E-state index in [0.717, 1.165) is 12.1 Å². The molecule has 1 rings (SSSR count). The van der Waals surface area contributed by atoms with Gasteiger partial charge in [-0.25, -0.2) is 4.79 Å². The first kappa shape index (κ1) is 10.3. The molecular formula is C7H4ClNO5. The van der Waals surface area contributed by atoms with Crippen LogP contribution in [0.15, 0.2) is 18.2 Å². The molecule has 0 spiro atoms. The van der Waals surface area contributed by atoms with Crippen LogP contribution in [0.25, 0.3) is 0 Å². The van der Waals surface area contributed by atoms with Gasteiger partial charge in [-0.1, -0.05) is 6.07 Å². The SMILES string of the molecule is O=C(O)c1cccc([N+](=O)[O-])c1OCl. The Bertz CT molecular complexity index is 359. The van der Waals surface area contributed by atoms with Crippen molar-refractivity contribution in [2.75, 3.05) is 0 Å². The second-order valence-corrected chi connectivity index (χ2v) is 2.45. The number of para-hydroxylation sites is 1. The first-order chi connectivity index (χ1) is 6.57. The molecule has 0 fully saturated rings. The highest BCUT2D eigenvalue weighted by Crippen LogP contribution is 2.31. The summed E-state index contributed by atoms with van der Waals surface area (Å²) in [6, 6.07) is 3.50.